The lowest BCUT2D eigenvalue weighted by Crippen LogP contribution is -2.60. The van der Waals surface area contributed by atoms with Gasteiger partial charge in [0, 0.05) is 18.8 Å². The summed E-state index contributed by atoms with van der Waals surface area (Å²) in [6, 6.07) is 6.63. The zero-order valence-electron chi connectivity index (χ0n) is 18.5. The number of benzene rings is 1. The van der Waals surface area contributed by atoms with Crippen molar-refractivity contribution in [3.63, 3.8) is 0 Å². The highest BCUT2D eigenvalue weighted by Gasteiger charge is 2.61. The fourth-order valence-electron chi connectivity index (χ4n) is 7.14. The highest BCUT2D eigenvalue weighted by molar-refractivity contribution is 7.89. The highest BCUT2D eigenvalue weighted by Crippen LogP contribution is 2.64. The first-order valence-corrected chi connectivity index (χ1v) is 13.2. The number of ether oxygens (including phenoxy) is 1. The largest absolute Gasteiger partial charge is 0.379 e. The predicted octanol–water partition coefficient (Wildman–Crippen LogP) is 2.23. The van der Waals surface area contributed by atoms with Gasteiger partial charge in [-0.3, -0.25) is 4.79 Å². The number of anilines is 1. The van der Waals surface area contributed by atoms with Crippen LogP contribution >= 0.6 is 0 Å². The van der Waals surface area contributed by atoms with E-state index in [4.69, 9.17) is 4.74 Å². The summed E-state index contributed by atoms with van der Waals surface area (Å²) < 4.78 is 34.8. The second-order valence-electron chi connectivity index (χ2n) is 10.3. The molecular formula is C23H29N5O4S. The first-order chi connectivity index (χ1) is 15.9. The average Bonchev–Trinajstić information content (AvgIpc) is 3.35. The standard InChI is InChI=1S/C23H29N5O4S/c29-21(26-19-2-1-3-20(9-19)33(30,31)27-4-6-32-7-5-27)22-10-17-8-18(11-22)13-23(12-17,14-22)28-16-24-15-25-28/h1-3,9,15-18H,4-8,10-14H2,(H,26,29)/t17-,18-,22?,23?/m0/s1. The second-order valence-corrected chi connectivity index (χ2v) is 12.2. The van der Waals surface area contributed by atoms with Crippen LogP contribution in [0.15, 0.2) is 41.8 Å². The lowest BCUT2D eigenvalue weighted by molar-refractivity contribution is -0.150. The molecule has 0 spiro atoms. The lowest BCUT2D eigenvalue weighted by Gasteiger charge is -2.60. The molecule has 4 bridgehead atoms. The van der Waals surface area contributed by atoms with E-state index >= 15 is 0 Å². The number of amides is 1. The molecule has 4 saturated carbocycles. The van der Waals surface area contributed by atoms with Crippen molar-refractivity contribution < 1.29 is 17.9 Å². The molecule has 1 saturated heterocycles. The maximum Gasteiger partial charge on any atom is 0.243 e. The van der Waals surface area contributed by atoms with E-state index in [0.29, 0.717) is 43.8 Å². The van der Waals surface area contributed by atoms with Crippen LogP contribution in [0, 0.1) is 17.3 Å². The van der Waals surface area contributed by atoms with Crippen LogP contribution < -0.4 is 5.32 Å². The molecule has 1 N–H and O–H groups in total. The van der Waals surface area contributed by atoms with Gasteiger partial charge in [0.2, 0.25) is 15.9 Å². The molecule has 33 heavy (non-hydrogen) atoms. The molecule has 4 aliphatic carbocycles. The van der Waals surface area contributed by atoms with Gasteiger partial charge in [0.1, 0.15) is 12.7 Å². The fraction of sp³-hybridized carbons (Fsp3) is 0.609. The number of morpholine rings is 1. The van der Waals surface area contributed by atoms with Crippen molar-refractivity contribution in [1.29, 1.82) is 0 Å². The summed E-state index contributed by atoms with van der Waals surface area (Å²) >= 11 is 0. The third kappa shape index (κ3) is 3.50. The molecule has 0 unspecified atom stereocenters. The van der Waals surface area contributed by atoms with Gasteiger partial charge in [-0.1, -0.05) is 6.07 Å². The molecular weight excluding hydrogens is 442 g/mol. The minimum Gasteiger partial charge on any atom is -0.379 e. The van der Waals surface area contributed by atoms with Gasteiger partial charge < -0.3 is 10.1 Å². The number of hydrogen-bond donors (Lipinski definition) is 1. The molecule has 2 aromatic rings. The molecule has 5 fully saturated rings. The summed E-state index contributed by atoms with van der Waals surface area (Å²) in [6.45, 7) is 1.48. The summed E-state index contributed by atoms with van der Waals surface area (Å²) in [6.07, 6.45) is 9.18. The fourth-order valence-corrected chi connectivity index (χ4v) is 8.59. The van der Waals surface area contributed by atoms with Gasteiger partial charge in [0.15, 0.2) is 0 Å². The van der Waals surface area contributed by atoms with Crippen molar-refractivity contribution >= 4 is 21.6 Å². The van der Waals surface area contributed by atoms with Crippen molar-refractivity contribution in [2.45, 2.75) is 49.0 Å². The van der Waals surface area contributed by atoms with Crippen LogP contribution in [-0.4, -0.2) is 59.7 Å². The van der Waals surface area contributed by atoms with Crippen LogP contribution in [0.5, 0.6) is 0 Å². The van der Waals surface area contributed by atoms with Crippen molar-refractivity contribution in [2.24, 2.45) is 17.3 Å². The van der Waals surface area contributed by atoms with Gasteiger partial charge in [-0.25, -0.2) is 18.1 Å². The molecule has 1 amide bonds. The van der Waals surface area contributed by atoms with Gasteiger partial charge in [-0.15, -0.1) is 0 Å². The van der Waals surface area contributed by atoms with Crippen molar-refractivity contribution in [2.75, 3.05) is 31.6 Å². The Bertz CT molecular complexity index is 1150. The minimum absolute atomic E-state index is 0.00186. The maximum atomic E-state index is 13.7. The number of carbonyl (C=O) groups excluding carboxylic acids is 1. The Hall–Kier alpha value is -2.30. The summed E-state index contributed by atoms with van der Waals surface area (Å²) in [7, 11) is -3.62. The van der Waals surface area contributed by atoms with Crippen LogP contribution in [0.3, 0.4) is 0 Å². The molecule has 0 radical (unpaired) electrons. The van der Waals surface area contributed by atoms with E-state index in [1.807, 2.05) is 4.68 Å². The molecule has 1 aromatic carbocycles. The molecule has 1 aromatic heterocycles. The van der Waals surface area contributed by atoms with Gasteiger partial charge in [-0.2, -0.15) is 9.40 Å². The van der Waals surface area contributed by atoms with E-state index in [1.165, 1.54) is 10.7 Å². The predicted molar refractivity (Wildman–Crippen MR) is 120 cm³/mol. The monoisotopic (exact) mass is 471 g/mol. The summed E-state index contributed by atoms with van der Waals surface area (Å²) in [5.74, 6) is 1.02. The SMILES string of the molecule is O=C(Nc1cccc(S(=O)(=O)N2CCOCC2)c1)C12C[C@@H]3C[C@@H](C1)CC(n1cncn1)(C3)C2. The molecule has 176 valence electrons. The normalized spacial score (nSPS) is 33.8. The Morgan fingerprint density at radius 3 is 2.58 bits per heavy atom. The molecule has 2 atom stereocenters. The third-order valence-electron chi connectivity index (χ3n) is 8.12. The van der Waals surface area contributed by atoms with Crippen molar-refractivity contribution in [1.82, 2.24) is 19.1 Å². The topological polar surface area (TPSA) is 106 Å². The molecule has 2 heterocycles. The molecule has 5 aliphatic rings. The van der Waals surface area contributed by atoms with Crippen molar-refractivity contribution in [3.8, 4) is 0 Å². The first kappa shape index (κ1) is 21.2. The molecule has 7 rings (SSSR count). The highest BCUT2D eigenvalue weighted by atomic mass is 32.2. The molecule has 10 heteroatoms. The number of aromatic nitrogens is 3. The van der Waals surface area contributed by atoms with E-state index < -0.39 is 15.4 Å². The number of sulfonamides is 1. The second kappa shape index (κ2) is 7.61. The average molecular weight is 472 g/mol. The Morgan fingerprint density at radius 2 is 1.88 bits per heavy atom. The van der Waals surface area contributed by atoms with Gasteiger partial charge >= 0.3 is 0 Å². The smallest absolute Gasteiger partial charge is 0.243 e. The van der Waals surface area contributed by atoms with E-state index in [-0.39, 0.29) is 16.3 Å². The van der Waals surface area contributed by atoms with E-state index in [9.17, 15) is 13.2 Å². The zero-order chi connectivity index (χ0) is 22.7. The first-order valence-electron chi connectivity index (χ1n) is 11.7. The van der Waals surface area contributed by atoms with E-state index in [1.54, 1.807) is 36.9 Å². The Labute approximate surface area is 193 Å². The van der Waals surface area contributed by atoms with Gasteiger partial charge in [0.25, 0.3) is 0 Å². The summed E-state index contributed by atoms with van der Waals surface area (Å²) in [5, 5.41) is 7.54. The Balaban J connectivity index is 1.26. The van der Waals surface area contributed by atoms with Gasteiger partial charge in [0.05, 0.1) is 29.1 Å². The quantitative estimate of drug-likeness (QED) is 0.717. The Kier molecular flexibility index (Phi) is 4.90. The number of hydrogen-bond acceptors (Lipinski definition) is 6. The zero-order valence-corrected chi connectivity index (χ0v) is 19.3. The third-order valence-corrected chi connectivity index (χ3v) is 10.0. The van der Waals surface area contributed by atoms with Gasteiger partial charge in [-0.05, 0) is 68.6 Å². The maximum absolute atomic E-state index is 13.7. The minimum atomic E-state index is -3.62. The Morgan fingerprint density at radius 1 is 1.12 bits per heavy atom. The lowest BCUT2D eigenvalue weighted by atomic mass is 9.46. The van der Waals surface area contributed by atoms with Crippen LogP contribution in [0.25, 0.3) is 0 Å². The van der Waals surface area contributed by atoms with E-state index in [0.717, 1.165) is 32.1 Å². The van der Waals surface area contributed by atoms with E-state index in [2.05, 4.69) is 15.4 Å². The summed E-state index contributed by atoms with van der Waals surface area (Å²) in [5.41, 5.74) is -0.0611. The van der Waals surface area contributed by atoms with Crippen LogP contribution in [0.2, 0.25) is 0 Å². The summed E-state index contributed by atoms with van der Waals surface area (Å²) in [4.78, 5) is 18.1. The number of nitrogens with one attached hydrogen (secondary N) is 1. The van der Waals surface area contributed by atoms with Crippen LogP contribution in [0.1, 0.15) is 38.5 Å². The number of rotatable bonds is 5. The number of nitrogens with zero attached hydrogens (tertiary/aromatic N) is 4. The number of carbonyl (C=O) groups is 1. The molecule has 9 nitrogen and oxygen atoms in total. The van der Waals surface area contributed by atoms with Crippen LogP contribution in [0.4, 0.5) is 5.69 Å². The van der Waals surface area contributed by atoms with Crippen LogP contribution in [-0.2, 0) is 25.1 Å². The van der Waals surface area contributed by atoms with Crippen molar-refractivity contribution in [3.05, 3.63) is 36.9 Å². The molecule has 1 aliphatic heterocycles.